The van der Waals surface area contributed by atoms with Crippen molar-refractivity contribution in [2.45, 2.75) is 57.1 Å². The lowest BCUT2D eigenvalue weighted by atomic mass is 9.91. The van der Waals surface area contributed by atoms with Crippen molar-refractivity contribution >= 4 is 11.8 Å². The third kappa shape index (κ3) is 5.65. The molecule has 0 aromatic heterocycles. The number of fused-ring (bicyclic) bond motifs is 1. The highest BCUT2D eigenvalue weighted by Crippen LogP contribution is 2.29. The van der Waals surface area contributed by atoms with Gasteiger partial charge in [-0.2, -0.15) is 0 Å². The van der Waals surface area contributed by atoms with Gasteiger partial charge in [-0.1, -0.05) is 12.5 Å². The molecule has 176 valence electrons. The van der Waals surface area contributed by atoms with E-state index in [1.807, 2.05) is 0 Å². The number of anilines is 1. The van der Waals surface area contributed by atoms with Gasteiger partial charge in [0.2, 0.25) is 0 Å². The number of carbonyl (C=O) groups excluding carboxylic acids is 1. The van der Waals surface area contributed by atoms with Crippen LogP contribution >= 0.6 is 0 Å². The standard InChI is InChI=1S/C26H32FN3O3/c27-21-5-7-22(8-6-21)28-26(31)33-30-16-12-24(13-17-30)32-25-9-4-19-10-14-29(23-2-1-3-23)15-11-20(19)18-25/h4-9,18,23-24H,1-3,10-17H2,(H,28,31). The fraction of sp³-hybridized carbons (Fsp3) is 0.500. The molecule has 2 heterocycles. The molecule has 1 amide bonds. The Bertz CT molecular complexity index is 956. The molecule has 1 saturated carbocycles. The van der Waals surface area contributed by atoms with Crippen LogP contribution in [-0.2, 0) is 17.7 Å². The lowest BCUT2D eigenvalue weighted by Gasteiger charge is -2.36. The van der Waals surface area contributed by atoms with Crippen LogP contribution in [0.4, 0.5) is 14.9 Å². The molecule has 0 bridgehead atoms. The van der Waals surface area contributed by atoms with Gasteiger partial charge in [0.05, 0.1) is 0 Å². The van der Waals surface area contributed by atoms with Gasteiger partial charge >= 0.3 is 6.09 Å². The molecule has 6 nitrogen and oxygen atoms in total. The average molecular weight is 454 g/mol. The maximum atomic E-state index is 13.0. The zero-order valence-electron chi connectivity index (χ0n) is 19.0. The van der Waals surface area contributed by atoms with Gasteiger partial charge < -0.3 is 9.57 Å². The lowest BCUT2D eigenvalue weighted by molar-refractivity contribution is -0.119. The number of hydrogen-bond acceptors (Lipinski definition) is 5. The maximum Gasteiger partial charge on any atom is 0.430 e. The Morgan fingerprint density at radius 1 is 0.909 bits per heavy atom. The van der Waals surface area contributed by atoms with Gasteiger partial charge in [0.25, 0.3) is 0 Å². The molecule has 3 aliphatic rings. The Balaban J connectivity index is 1.08. The van der Waals surface area contributed by atoms with E-state index in [1.54, 1.807) is 5.06 Å². The summed E-state index contributed by atoms with van der Waals surface area (Å²) in [5.41, 5.74) is 3.38. The molecule has 0 unspecified atom stereocenters. The number of rotatable bonds is 5. The summed E-state index contributed by atoms with van der Waals surface area (Å²) in [6.45, 7) is 3.55. The van der Waals surface area contributed by atoms with Crippen LogP contribution in [0.5, 0.6) is 5.75 Å². The molecular formula is C26H32FN3O3. The molecule has 0 radical (unpaired) electrons. The third-order valence-corrected chi connectivity index (χ3v) is 7.11. The predicted molar refractivity (Wildman–Crippen MR) is 125 cm³/mol. The number of hydrogen-bond donors (Lipinski definition) is 1. The van der Waals surface area contributed by atoms with Gasteiger partial charge in [-0.05, 0) is 73.2 Å². The van der Waals surface area contributed by atoms with Crippen LogP contribution in [0.2, 0.25) is 0 Å². The first-order chi connectivity index (χ1) is 16.1. The summed E-state index contributed by atoms with van der Waals surface area (Å²) in [7, 11) is 0. The zero-order chi connectivity index (χ0) is 22.6. The van der Waals surface area contributed by atoms with Crippen LogP contribution in [0.25, 0.3) is 0 Å². The topological polar surface area (TPSA) is 54.0 Å². The van der Waals surface area contributed by atoms with Crippen molar-refractivity contribution in [3.63, 3.8) is 0 Å². The van der Waals surface area contributed by atoms with Crippen LogP contribution in [0.15, 0.2) is 42.5 Å². The quantitative estimate of drug-likeness (QED) is 0.706. The second-order valence-corrected chi connectivity index (χ2v) is 9.31. The molecule has 1 N–H and O–H groups in total. The van der Waals surface area contributed by atoms with Gasteiger partial charge in [0.1, 0.15) is 17.7 Å². The minimum atomic E-state index is -0.567. The number of benzene rings is 2. The second kappa shape index (κ2) is 10.1. The van der Waals surface area contributed by atoms with Crippen LogP contribution in [0.1, 0.15) is 43.2 Å². The molecule has 2 aliphatic heterocycles. The molecule has 2 aromatic rings. The molecule has 0 spiro atoms. The highest BCUT2D eigenvalue weighted by Gasteiger charge is 2.27. The normalized spacial score (nSPS) is 20.4. The van der Waals surface area contributed by atoms with Crippen molar-refractivity contribution in [2.75, 3.05) is 31.5 Å². The van der Waals surface area contributed by atoms with Crippen molar-refractivity contribution in [2.24, 2.45) is 0 Å². The van der Waals surface area contributed by atoms with Gasteiger partial charge in [0, 0.05) is 50.7 Å². The van der Waals surface area contributed by atoms with E-state index in [-0.39, 0.29) is 11.9 Å². The number of nitrogens with one attached hydrogen (secondary N) is 1. The number of carbonyl (C=O) groups is 1. The maximum absolute atomic E-state index is 13.0. The SMILES string of the molecule is O=C(Nc1ccc(F)cc1)ON1CCC(Oc2ccc3c(c2)CCN(C2CCC2)CC3)CC1. The average Bonchev–Trinajstić information content (AvgIpc) is 2.98. The summed E-state index contributed by atoms with van der Waals surface area (Å²) in [5, 5.41) is 4.27. The van der Waals surface area contributed by atoms with Crippen molar-refractivity contribution in [3.8, 4) is 5.75 Å². The molecule has 7 heteroatoms. The minimum Gasteiger partial charge on any atom is -0.490 e. The van der Waals surface area contributed by atoms with Crippen molar-refractivity contribution in [1.29, 1.82) is 0 Å². The Kier molecular flexibility index (Phi) is 6.78. The number of halogens is 1. The second-order valence-electron chi connectivity index (χ2n) is 9.31. The van der Waals surface area contributed by atoms with Crippen LogP contribution in [0, 0.1) is 5.82 Å². The molecule has 1 saturated heterocycles. The van der Waals surface area contributed by atoms with E-state index in [9.17, 15) is 9.18 Å². The Labute approximate surface area is 194 Å². The van der Waals surface area contributed by atoms with E-state index in [0.717, 1.165) is 44.0 Å². The number of amides is 1. The summed E-state index contributed by atoms with van der Waals surface area (Å²) >= 11 is 0. The molecule has 5 rings (SSSR count). The summed E-state index contributed by atoms with van der Waals surface area (Å²) < 4.78 is 19.3. The van der Waals surface area contributed by atoms with E-state index in [2.05, 4.69) is 28.4 Å². The van der Waals surface area contributed by atoms with E-state index in [1.165, 1.54) is 61.2 Å². The largest absolute Gasteiger partial charge is 0.490 e. The molecule has 2 aromatic carbocycles. The Hall–Kier alpha value is -2.64. The summed E-state index contributed by atoms with van der Waals surface area (Å²) in [6.07, 6.45) is 7.45. The smallest absolute Gasteiger partial charge is 0.430 e. The predicted octanol–water partition coefficient (Wildman–Crippen LogP) is 4.79. The van der Waals surface area contributed by atoms with Crippen LogP contribution < -0.4 is 10.1 Å². The molecule has 33 heavy (non-hydrogen) atoms. The highest BCUT2D eigenvalue weighted by atomic mass is 19.1. The van der Waals surface area contributed by atoms with Crippen molar-refractivity contribution < 1.29 is 18.8 Å². The van der Waals surface area contributed by atoms with Crippen LogP contribution in [0.3, 0.4) is 0 Å². The van der Waals surface area contributed by atoms with Gasteiger partial charge in [0.15, 0.2) is 0 Å². The molecule has 2 fully saturated rings. The summed E-state index contributed by atoms with van der Waals surface area (Å²) in [4.78, 5) is 20.1. The number of hydroxylamine groups is 2. The first-order valence-electron chi connectivity index (χ1n) is 12.1. The van der Waals surface area contributed by atoms with Crippen molar-refractivity contribution in [3.05, 3.63) is 59.4 Å². The van der Waals surface area contributed by atoms with E-state index in [0.29, 0.717) is 18.8 Å². The van der Waals surface area contributed by atoms with Crippen LogP contribution in [-0.4, -0.2) is 54.4 Å². The molecule has 1 aliphatic carbocycles. The van der Waals surface area contributed by atoms with Gasteiger partial charge in [-0.25, -0.2) is 9.18 Å². The van der Waals surface area contributed by atoms with E-state index >= 15 is 0 Å². The number of ether oxygens (including phenoxy) is 1. The Morgan fingerprint density at radius 3 is 2.33 bits per heavy atom. The molecule has 0 atom stereocenters. The van der Waals surface area contributed by atoms with Gasteiger partial charge in [-0.3, -0.25) is 10.2 Å². The van der Waals surface area contributed by atoms with Crippen molar-refractivity contribution in [1.82, 2.24) is 9.96 Å². The zero-order valence-corrected chi connectivity index (χ0v) is 19.0. The lowest BCUT2D eigenvalue weighted by Crippen LogP contribution is -2.41. The fourth-order valence-corrected chi connectivity index (χ4v) is 4.93. The van der Waals surface area contributed by atoms with Gasteiger partial charge in [-0.15, -0.1) is 5.06 Å². The minimum absolute atomic E-state index is 0.111. The monoisotopic (exact) mass is 453 g/mol. The summed E-state index contributed by atoms with van der Waals surface area (Å²) in [6, 6.07) is 13.0. The van der Waals surface area contributed by atoms with E-state index in [4.69, 9.17) is 9.57 Å². The third-order valence-electron chi connectivity index (χ3n) is 7.11. The fourth-order valence-electron chi connectivity index (χ4n) is 4.93. The highest BCUT2D eigenvalue weighted by molar-refractivity contribution is 5.84. The first kappa shape index (κ1) is 22.2. The Morgan fingerprint density at radius 2 is 1.64 bits per heavy atom. The van der Waals surface area contributed by atoms with E-state index < -0.39 is 6.09 Å². The number of nitrogens with zero attached hydrogens (tertiary/aromatic N) is 2. The first-order valence-corrected chi connectivity index (χ1v) is 12.1. The summed E-state index contributed by atoms with van der Waals surface area (Å²) in [5.74, 6) is 0.598. The molecular weight excluding hydrogens is 421 g/mol. The number of piperidine rings is 1.